The number of unbranched alkanes of at least 4 members (excludes halogenated alkanes) is 1. The summed E-state index contributed by atoms with van der Waals surface area (Å²) in [7, 11) is 0. The SMILES string of the molecule is Cc1ccc(Br)c(C(=O)NCCCCCl)c1. The molecular formula is C12H15BrClNO. The first-order valence-electron chi connectivity index (χ1n) is 5.25. The van der Waals surface area contributed by atoms with Crippen molar-refractivity contribution in [2.75, 3.05) is 12.4 Å². The number of carbonyl (C=O) groups excluding carboxylic acids is 1. The smallest absolute Gasteiger partial charge is 0.252 e. The van der Waals surface area contributed by atoms with Crippen molar-refractivity contribution in [3.63, 3.8) is 0 Å². The molecule has 0 saturated carbocycles. The molecule has 4 heteroatoms. The molecule has 0 aliphatic heterocycles. The van der Waals surface area contributed by atoms with Crippen molar-refractivity contribution >= 4 is 33.4 Å². The van der Waals surface area contributed by atoms with Crippen LogP contribution in [0.15, 0.2) is 22.7 Å². The van der Waals surface area contributed by atoms with Gasteiger partial charge in [0.05, 0.1) is 5.56 Å². The quantitative estimate of drug-likeness (QED) is 0.654. The largest absolute Gasteiger partial charge is 0.352 e. The molecule has 0 radical (unpaired) electrons. The van der Waals surface area contributed by atoms with Gasteiger partial charge in [0.1, 0.15) is 0 Å². The molecule has 0 saturated heterocycles. The van der Waals surface area contributed by atoms with Gasteiger partial charge >= 0.3 is 0 Å². The van der Waals surface area contributed by atoms with Crippen molar-refractivity contribution in [2.45, 2.75) is 19.8 Å². The molecule has 16 heavy (non-hydrogen) atoms. The van der Waals surface area contributed by atoms with Gasteiger partial charge in [-0.1, -0.05) is 11.6 Å². The maximum atomic E-state index is 11.8. The zero-order valence-electron chi connectivity index (χ0n) is 9.22. The van der Waals surface area contributed by atoms with E-state index >= 15 is 0 Å². The van der Waals surface area contributed by atoms with Gasteiger partial charge in [0.25, 0.3) is 5.91 Å². The molecule has 0 aromatic heterocycles. The number of benzene rings is 1. The first kappa shape index (κ1) is 13.5. The molecule has 1 rings (SSSR count). The van der Waals surface area contributed by atoms with E-state index in [9.17, 15) is 4.79 Å². The second-order valence-electron chi connectivity index (χ2n) is 3.64. The lowest BCUT2D eigenvalue weighted by Crippen LogP contribution is -2.24. The van der Waals surface area contributed by atoms with Gasteiger partial charge in [-0.3, -0.25) is 4.79 Å². The molecule has 1 aromatic rings. The highest BCUT2D eigenvalue weighted by atomic mass is 79.9. The molecule has 1 aromatic carbocycles. The molecule has 0 bridgehead atoms. The van der Waals surface area contributed by atoms with E-state index in [-0.39, 0.29) is 5.91 Å². The normalized spacial score (nSPS) is 10.2. The number of carbonyl (C=O) groups is 1. The molecule has 0 unspecified atom stereocenters. The number of alkyl halides is 1. The van der Waals surface area contributed by atoms with Crippen molar-refractivity contribution in [3.05, 3.63) is 33.8 Å². The van der Waals surface area contributed by atoms with Crippen molar-refractivity contribution in [1.82, 2.24) is 5.32 Å². The van der Waals surface area contributed by atoms with E-state index in [0.29, 0.717) is 18.0 Å². The van der Waals surface area contributed by atoms with E-state index in [1.54, 1.807) is 0 Å². The topological polar surface area (TPSA) is 29.1 Å². The van der Waals surface area contributed by atoms with Crippen LogP contribution in [0, 0.1) is 6.92 Å². The van der Waals surface area contributed by atoms with Crippen molar-refractivity contribution in [1.29, 1.82) is 0 Å². The third kappa shape index (κ3) is 4.14. The van der Waals surface area contributed by atoms with E-state index in [1.165, 1.54) is 0 Å². The zero-order chi connectivity index (χ0) is 12.0. The van der Waals surface area contributed by atoms with Crippen LogP contribution in [0.3, 0.4) is 0 Å². The average Bonchev–Trinajstić information content (AvgIpc) is 2.27. The number of hydrogen-bond donors (Lipinski definition) is 1. The second-order valence-corrected chi connectivity index (χ2v) is 4.87. The number of halogens is 2. The summed E-state index contributed by atoms with van der Waals surface area (Å²) >= 11 is 8.93. The Morgan fingerprint density at radius 3 is 2.88 bits per heavy atom. The Morgan fingerprint density at radius 2 is 2.19 bits per heavy atom. The number of rotatable bonds is 5. The predicted octanol–water partition coefficient (Wildman–Crippen LogP) is 3.51. The summed E-state index contributed by atoms with van der Waals surface area (Å²) in [5, 5.41) is 2.87. The Balaban J connectivity index is 2.55. The fourth-order valence-electron chi connectivity index (χ4n) is 1.33. The molecule has 1 amide bonds. The van der Waals surface area contributed by atoms with Gasteiger partial charge in [-0.25, -0.2) is 0 Å². The standard InChI is InChI=1S/C12H15BrClNO/c1-9-4-5-11(13)10(8-9)12(16)15-7-3-2-6-14/h4-5,8H,2-3,6-7H2,1H3,(H,15,16). The summed E-state index contributed by atoms with van der Waals surface area (Å²) < 4.78 is 0.827. The van der Waals surface area contributed by atoms with Crippen LogP contribution in [-0.4, -0.2) is 18.3 Å². The van der Waals surface area contributed by atoms with E-state index in [2.05, 4.69) is 21.2 Å². The molecule has 0 aliphatic carbocycles. The number of hydrogen-bond acceptors (Lipinski definition) is 1. The van der Waals surface area contributed by atoms with Gasteiger partial charge in [-0.05, 0) is 47.8 Å². The van der Waals surface area contributed by atoms with Gasteiger partial charge in [0, 0.05) is 16.9 Å². The average molecular weight is 305 g/mol. The van der Waals surface area contributed by atoms with Crippen LogP contribution in [-0.2, 0) is 0 Å². The first-order valence-corrected chi connectivity index (χ1v) is 6.58. The minimum atomic E-state index is -0.0369. The van der Waals surface area contributed by atoms with Crippen LogP contribution in [0.4, 0.5) is 0 Å². The minimum Gasteiger partial charge on any atom is -0.352 e. The van der Waals surface area contributed by atoms with E-state index in [4.69, 9.17) is 11.6 Å². The molecule has 0 spiro atoms. The Bertz CT molecular complexity index is 368. The fourth-order valence-corrected chi connectivity index (χ4v) is 1.95. The lowest BCUT2D eigenvalue weighted by Gasteiger charge is -2.07. The third-order valence-electron chi connectivity index (χ3n) is 2.21. The summed E-state index contributed by atoms with van der Waals surface area (Å²) in [4.78, 5) is 11.8. The van der Waals surface area contributed by atoms with E-state index in [0.717, 1.165) is 22.9 Å². The lowest BCUT2D eigenvalue weighted by molar-refractivity contribution is 0.0952. The van der Waals surface area contributed by atoms with Crippen LogP contribution < -0.4 is 5.32 Å². The summed E-state index contributed by atoms with van der Waals surface area (Å²) in [6.45, 7) is 2.64. The maximum absolute atomic E-state index is 11.8. The summed E-state index contributed by atoms with van der Waals surface area (Å²) in [6, 6.07) is 5.73. The second kappa shape index (κ2) is 6.92. The van der Waals surface area contributed by atoms with Crippen LogP contribution in [0.25, 0.3) is 0 Å². The van der Waals surface area contributed by atoms with Gasteiger partial charge in [0.2, 0.25) is 0 Å². The first-order chi connectivity index (χ1) is 7.65. The third-order valence-corrected chi connectivity index (χ3v) is 3.17. The molecule has 0 fully saturated rings. The molecule has 1 N–H and O–H groups in total. The molecular weight excluding hydrogens is 289 g/mol. The van der Waals surface area contributed by atoms with Gasteiger partial charge in [0.15, 0.2) is 0 Å². The van der Waals surface area contributed by atoms with Crippen molar-refractivity contribution in [3.8, 4) is 0 Å². The molecule has 0 heterocycles. The molecule has 0 aliphatic rings. The van der Waals surface area contributed by atoms with Crippen molar-refractivity contribution in [2.24, 2.45) is 0 Å². The Hall–Kier alpha value is -0.540. The highest BCUT2D eigenvalue weighted by Gasteiger charge is 2.08. The van der Waals surface area contributed by atoms with Crippen LogP contribution in [0.5, 0.6) is 0 Å². The lowest BCUT2D eigenvalue weighted by atomic mass is 10.1. The Morgan fingerprint density at radius 1 is 1.44 bits per heavy atom. The number of amides is 1. The van der Waals surface area contributed by atoms with Gasteiger partial charge in [-0.2, -0.15) is 0 Å². The molecule has 0 atom stereocenters. The fraction of sp³-hybridized carbons (Fsp3) is 0.417. The van der Waals surface area contributed by atoms with Crippen LogP contribution in [0.2, 0.25) is 0 Å². The summed E-state index contributed by atoms with van der Waals surface area (Å²) in [6.07, 6.45) is 1.84. The van der Waals surface area contributed by atoms with Crippen LogP contribution in [0.1, 0.15) is 28.8 Å². The highest BCUT2D eigenvalue weighted by Crippen LogP contribution is 2.17. The Kier molecular flexibility index (Phi) is 5.85. The van der Waals surface area contributed by atoms with E-state index < -0.39 is 0 Å². The van der Waals surface area contributed by atoms with Gasteiger partial charge in [-0.15, -0.1) is 11.6 Å². The molecule has 88 valence electrons. The predicted molar refractivity (Wildman–Crippen MR) is 71.2 cm³/mol. The summed E-state index contributed by atoms with van der Waals surface area (Å²) in [5.74, 6) is 0.606. The number of nitrogens with one attached hydrogen (secondary N) is 1. The van der Waals surface area contributed by atoms with Gasteiger partial charge < -0.3 is 5.32 Å². The maximum Gasteiger partial charge on any atom is 0.252 e. The van der Waals surface area contributed by atoms with Crippen LogP contribution >= 0.6 is 27.5 Å². The number of aryl methyl sites for hydroxylation is 1. The highest BCUT2D eigenvalue weighted by molar-refractivity contribution is 9.10. The molecule has 2 nitrogen and oxygen atoms in total. The summed E-state index contributed by atoms with van der Waals surface area (Å²) in [5.41, 5.74) is 1.76. The minimum absolute atomic E-state index is 0.0369. The Labute approximate surface area is 110 Å². The van der Waals surface area contributed by atoms with Crippen molar-refractivity contribution < 1.29 is 4.79 Å². The zero-order valence-corrected chi connectivity index (χ0v) is 11.6. The van der Waals surface area contributed by atoms with E-state index in [1.807, 2.05) is 25.1 Å². The monoisotopic (exact) mass is 303 g/mol.